The van der Waals surface area contributed by atoms with E-state index in [2.05, 4.69) is 17.2 Å². The molecule has 13 heavy (non-hydrogen) atoms. The third-order valence-electron chi connectivity index (χ3n) is 2.61. The summed E-state index contributed by atoms with van der Waals surface area (Å²) in [6, 6.07) is 0. The Labute approximate surface area is 77.6 Å². The van der Waals surface area contributed by atoms with Gasteiger partial charge < -0.3 is 15.0 Å². The first kappa shape index (κ1) is 8.72. The number of rotatable bonds is 2. The van der Waals surface area contributed by atoms with E-state index in [0.717, 1.165) is 25.2 Å². The summed E-state index contributed by atoms with van der Waals surface area (Å²) < 4.78 is 1.98. The summed E-state index contributed by atoms with van der Waals surface area (Å²) in [5.74, 6) is 0. The molecule has 1 aliphatic heterocycles. The largest absolute Gasteiger partial charge is 0.382 e. The van der Waals surface area contributed by atoms with Crippen LogP contribution in [0.5, 0.6) is 0 Å². The van der Waals surface area contributed by atoms with E-state index in [1.165, 1.54) is 0 Å². The van der Waals surface area contributed by atoms with Gasteiger partial charge >= 0.3 is 0 Å². The molecule has 0 radical (unpaired) electrons. The molecule has 0 aromatic carbocycles. The maximum absolute atomic E-state index is 10.1. The maximum atomic E-state index is 10.1. The Bertz CT molecular complexity index is 289. The number of nitrogens with one attached hydrogen (secondary N) is 1. The lowest BCUT2D eigenvalue weighted by Gasteiger charge is -2.17. The molecule has 2 rings (SSSR count). The Balaban J connectivity index is 2.23. The minimum absolute atomic E-state index is 0.619. The first-order chi connectivity index (χ1) is 6.24. The van der Waals surface area contributed by atoms with Crippen LogP contribution in [0, 0.1) is 0 Å². The second-order valence-corrected chi connectivity index (χ2v) is 3.55. The van der Waals surface area contributed by atoms with E-state index in [1.54, 1.807) is 6.33 Å². The highest BCUT2D eigenvalue weighted by Crippen LogP contribution is 2.25. The Morgan fingerprint density at radius 2 is 2.62 bits per heavy atom. The van der Waals surface area contributed by atoms with Crippen molar-refractivity contribution in [3.8, 4) is 0 Å². The summed E-state index contributed by atoms with van der Waals surface area (Å²) >= 11 is 0. The number of nitrogens with zero attached hydrogens (tertiary/aromatic N) is 2. The fourth-order valence-corrected chi connectivity index (χ4v) is 1.67. The number of hydrogen-bond donors (Lipinski definition) is 2. The third-order valence-corrected chi connectivity index (χ3v) is 2.61. The molecular weight excluding hydrogens is 166 g/mol. The van der Waals surface area contributed by atoms with Gasteiger partial charge in [0.15, 0.2) is 0 Å². The fraction of sp³-hybridized carbons (Fsp3) is 0.667. The monoisotopic (exact) mass is 181 g/mol. The Morgan fingerprint density at radius 3 is 3.15 bits per heavy atom. The van der Waals surface area contributed by atoms with Crippen LogP contribution < -0.4 is 5.32 Å². The van der Waals surface area contributed by atoms with E-state index >= 15 is 0 Å². The van der Waals surface area contributed by atoms with Crippen LogP contribution in [0.15, 0.2) is 12.5 Å². The van der Waals surface area contributed by atoms with Gasteiger partial charge in [0, 0.05) is 19.3 Å². The van der Waals surface area contributed by atoms with Gasteiger partial charge in [0.1, 0.15) is 5.60 Å². The predicted molar refractivity (Wildman–Crippen MR) is 49.3 cm³/mol. The molecule has 0 spiro atoms. The minimum Gasteiger partial charge on any atom is -0.382 e. The summed E-state index contributed by atoms with van der Waals surface area (Å²) in [6.45, 7) is 4.45. The molecule has 4 heteroatoms. The highest BCUT2D eigenvalue weighted by molar-refractivity contribution is 5.12. The number of hydrogen-bond acceptors (Lipinski definition) is 3. The van der Waals surface area contributed by atoms with Gasteiger partial charge in [-0.3, -0.25) is 0 Å². The number of β-amino-alcohol motifs (C(OH)–C–C–N with tert-alkyl or cyclic N) is 1. The van der Waals surface area contributed by atoms with Crippen molar-refractivity contribution in [2.75, 3.05) is 13.1 Å². The summed E-state index contributed by atoms with van der Waals surface area (Å²) in [5, 5.41) is 13.3. The van der Waals surface area contributed by atoms with Crippen LogP contribution >= 0.6 is 0 Å². The first-order valence-electron chi connectivity index (χ1n) is 4.70. The van der Waals surface area contributed by atoms with Crippen molar-refractivity contribution in [2.45, 2.75) is 25.5 Å². The van der Waals surface area contributed by atoms with Crippen LogP contribution in [0.1, 0.15) is 19.0 Å². The van der Waals surface area contributed by atoms with E-state index in [-0.39, 0.29) is 0 Å². The van der Waals surface area contributed by atoms with E-state index < -0.39 is 5.60 Å². The van der Waals surface area contributed by atoms with E-state index in [4.69, 9.17) is 0 Å². The molecule has 2 heterocycles. The molecule has 1 aromatic rings. The van der Waals surface area contributed by atoms with Crippen molar-refractivity contribution in [1.82, 2.24) is 14.9 Å². The van der Waals surface area contributed by atoms with Gasteiger partial charge in [-0.1, -0.05) is 0 Å². The highest BCUT2D eigenvalue weighted by atomic mass is 16.3. The molecule has 0 amide bonds. The van der Waals surface area contributed by atoms with Gasteiger partial charge in [-0.15, -0.1) is 0 Å². The molecule has 0 bridgehead atoms. The molecule has 72 valence electrons. The molecule has 1 aromatic heterocycles. The third kappa shape index (κ3) is 1.47. The zero-order valence-corrected chi connectivity index (χ0v) is 7.82. The molecule has 1 fully saturated rings. The van der Waals surface area contributed by atoms with Gasteiger partial charge in [-0.05, 0) is 19.9 Å². The zero-order chi connectivity index (χ0) is 9.31. The lowest BCUT2D eigenvalue weighted by atomic mass is 10.0. The van der Waals surface area contributed by atoms with Gasteiger partial charge in [0.05, 0.1) is 12.0 Å². The molecule has 2 N–H and O–H groups in total. The standard InChI is InChI=1S/C9H15N3O/c1-2-12-5-8(11-7-12)9(13)3-4-10-6-9/h5,7,10,13H,2-4,6H2,1H3. The molecule has 4 nitrogen and oxygen atoms in total. The van der Waals surface area contributed by atoms with Crippen molar-refractivity contribution in [3.63, 3.8) is 0 Å². The van der Waals surface area contributed by atoms with Crippen LogP contribution in [0.25, 0.3) is 0 Å². The van der Waals surface area contributed by atoms with Crippen LogP contribution in [-0.2, 0) is 12.1 Å². The molecule has 0 saturated carbocycles. The molecule has 0 aliphatic carbocycles. The minimum atomic E-state index is -0.736. The Morgan fingerprint density at radius 1 is 1.77 bits per heavy atom. The molecular formula is C9H15N3O. The summed E-state index contributed by atoms with van der Waals surface area (Å²) in [4.78, 5) is 4.21. The summed E-state index contributed by atoms with van der Waals surface area (Å²) in [5.41, 5.74) is 0.0554. The number of aromatic nitrogens is 2. The summed E-state index contributed by atoms with van der Waals surface area (Å²) in [7, 11) is 0. The quantitative estimate of drug-likeness (QED) is 0.679. The van der Waals surface area contributed by atoms with Crippen molar-refractivity contribution in [2.24, 2.45) is 0 Å². The average Bonchev–Trinajstić information content (AvgIpc) is 2.72. The fourth-order valence-electron chi connectivity index (χ4n) is 1.67. The van der Waals surface area contributed by atoms with Gasteiger partial charge in [-0.25, -0.2) is 4.98 Å². The molecule has 1 saturated heterocycles. The Hall–Kier alpha value is -0.870. The Kier molecular flexibility index (Phi) is 2.09. The van der Waals surface area contributed by atoms with E-state index in [0.29, 0.717) is 6.54 Å². The number of imidazole rings is 1. The van der Waals surface area contributed by atoms with Gasteiger partial charge in [0.2, 0.25) is 0 Å². The summed E-state index contributed by atoms with van der Waals surface area (Å²) in [6.07, 6.45) is 4.45. The van der Waals surface area contributed by atoms with Crippen molar-refractivity contribution < 1.29 is 5.11 Å². The highest BCUT2D eigenvalue weighted by Gasteiger charge is 2.34. The lowest BCUT2D eigenvalue weighted by Crippen LogP contribution is -2.28. The lowest BCUT2D eigenvalue weighted by molar-refractivity contribution is 0.0545. The van der Waals surface area contributed by atoms with Crippen LogP contribution in [0.3, 0.4) is 0 Å². The van der Waals surface area contributed by atoms with Crippen molar-refractivity contribution in [1.29, 1.82) is 0 Å². The van der Waals surface area contributed by atoms with E-state index in [9.17, 15) is 5.11 Å². The second-order valence-electron chi connectivity index (χ2n) is 3.55. The predicted octanol–water partition coefficient (Wildman–Crippen LogP) is 0.0839. The number of aryl methyl sites for hydroxylation is 1. The maximum Gasteiger partial charge on any atom is 0.122 e. The average molecular weight is 181 g/mol. The number of aliphatic hydroxyl groups is 1. The van der Waals surface area contributed by atoms with Crippen LogP contribution in [0.2, 0.25) is 0 Å². The van der Waals surface area contributed by atoms with Crippen molar-refractivity contribution in [3.05, 3.63) is 18.2 Å². The topological polar surface area (TPSA) is 50.1 Å². The van der Waals surface area contributed by atoms with Crippen LogP contribution in [0.4, 0.5) is 0 Å². The van der Waals surface area contributed by atoms with Crippen molar-refractivity contribution >= 4 is 0 Å². The second kappa shape index (κ2) is 3.12. The smallest absolute Gasteiger partial charge is 0.122 e. The molecule has 1 aliphatic rings. The first-order valence-corrected chi connectivity index (χ1v) is 4.70. The van der Waals surface area contributed by atoms with Crippen LogP contribution in [-0.4, -0.2) is 27.7 Å². The molecule has 1 atom stereocenters. The molecule has 1 unspecified atom stereocenters. The normalized spacial score (nSPS) is 28.2. The van der Waals surface area contributed by atoms with E-state index in [1.807, 2.05) is 10.8 Å². The van der Waals surface area contributed by atoms with Gasteiger partial charge in [0.25, 0.3) is 0 Å². The zero-order valence-electron chi connectivity index (χ0n) is 7.82. The SMILES string of the molecule is CCn1cnc(C2(O)CCNC2)c1. The van der Waals surface area contributed by atoms with Gasteiger partial charge in [-0.2, -0.15) is 0 Å².